The molecular weight excluding hydrogens is 224 g/mol. The van der Waals surface area contributed by atoms with Crippen LogP contribution in [0.15, 0.2) is 73.3 Å². The third kappa shape index (κ3) is 9.28. The van der Waals surface area contributed by atoms with Crippen molar-refractivity contribution in [1.29, 1.82) is 0 Å². The Morgan fingerprint density at radius 3 is 2.28 bits per heavy atom. The highest BCUT2D eigenvalue weighted by Crippen LogP contribution is 2.01. The zero-order chi connectivity index (χ0) is 13.6. The van der Waals surface area contributed by atoms with Gasteiger partial charge in [0, 0.05) is 0 Å². The molecule has 0 rings (SSSR count). The van der Waals surface area contributed by atoms with E-state index in [9.17, 15) is 0 Å². The SMILES string of the molecule is C=CC=CC=C(C)OCCOC(C=CC=C)=CC. The summed E-state index contributed by atoms with van der Waals surface area (Å²) in [4.78, 5) is 0. The largest absolute Gasteiger partial charge is 0.495 e. The van der Waals surface area contributed by atoms with Gasteiger partial charge in [0.15, 0.2) is 0 Å². The summed E-state index contributed by atoms with van der Waals surface area (Å²) in [5.41, 5.74) is 0. The summed E-state index contributed by atoms with van der Waals surface area (Å²) < 4.78 is 11.0. The number of hydrogen-bond acceptors (Lipinski definition) is 2. The Kier molecular flexibility index (Phi) is 10.3. The Labute approximate surface area is 110 Å². The molecule has 0 aliphatic rings. The molecule has 0 N–H and O–H groups in total. The maximum Gasteiger partial charge on any atom is 0.122 e. The fourth-order valence-corrected chi connectivity index (χ4v) is 1.07. The fraction of sp³-hybridized carbons (Fsp3) is 0.250. The van der Waals surface area contributed by atoms with E-state index < -0.39 is 0 Å². The Morgan fingerprint density at radius 1 is 1.00 bits per heavy atom. The standard InChI is InChI=1S/C16H22O2/c1-5-8-10-11-15(4)17-13-14-18-16(7-3)12-9-6-2/h5-12H,1-2,13-14H2,3-4H3. The third-order valence-corrected chi connectivity index (χ3v) is 1.94. The Morgan fingerprint density at radius 2 is 1.67 bits per heavy atom. The van der Waals surface area contributed by atoms with Crippen LogP contribution in [0.5, 0.6) is 0 Å². The summed E-state index contributed by atoms with van der Waals surface area (Å²) in [5, 5.41) is 0. The van der Waals surface area contributed by atoms with Crippen LogP contribution >= 0.6 is 0 Å². The first-order valence-electron chi connectivity index (χ1n) is 5.91. The zero-order valence-electron chi connectivity index (χ0n) is 11.3. The predicted octanol–water partition coefficient (Wildman–Crippen LogP) is 4.31. The summed E-state index contributed by atoms with van der Waals surface area (Å²) in [6.45, 7) is 12.1. The molecule has 0 atom stereocenters. The van der Waals surface area contributed by atoms with E-state index >= 15 is 0 Å². The molecule has 0 amide bonds. The first-order chi connectivity index (χ1) is 8.74. The van der Waals surface area contributed by atoms with Gasteiger partial charge in [-0.1, -0.05) is 43.5 Å². The van der Waals surface area contributed by atoms with Gasteiger partial charge in [-0.05, 0) is 32.1 Å². The van der Waals surface area contributed by atoms with Crippen LogP contribution in [-0.2, 0) is 9.47 Å². The predicted molar refractivity (Wildman–Crippen MR) is 78.1 cm³/mol. The van der Waals surface area contributed by atoms with Gasteiger partial charge in [-0.2, -0.15) is 0 Å². The van der Waals surface area contributed by atoms with Gasteiger partial charge in [-0.25, -0.2) is 0 Å². The second-order valence-corrected chi connectivity index (χ2v) is 3.38. The minimum absolute atomic E-state index is 0.511. The molecule has 18 heavy (non-hydrogen) atoms. The Balaban J connectivity index is 3.88. The first kappa shape index (κ1) is 16.0. The average Bonchev–Trinajstić information content (AvgIpc) is 2.38. The molecule has 0 spiro atoms. The van der Waals surface area contributed by atoms with Crippen molar-refractivity contribution in [2.75, 3.05) is 13.2 Å². The van der Waals surface area contributed by atoms with Crippen molar-refractivity contribution in [2.24, 2.45) is 0 Å². The molecule has 0 aromatic carbocycles. The van der Waals surface area contributed by atoms with Crippen molar-refractivity contribution >= 4 is 0 Å². The van der Waals surface area contributed by atoms with Gasteiger partial charge in [-0.3, -0.25) is 0 Å². The summed E-state index contributed by atoms with van der Waals surface area (Å²) in [7, 11) is 0. The second-order valence-electron chi connectivity index (χ2n) is 3.38. The molecule has 0 aliphatic heterocycles. The second kappa shape index (κ2) is 11.5. The van der Waals surface area contributed by atoms with Crippen LogP contribution in [0.1, 0.15) is 13.8 Å². The molecule has 0 aromatic heterocycles. The van der Waals surface area contributed by atoms with E-state index in [-0.39, 0.29) is 0 Å². The monoisotopic (exact) mass is 246 g/mol. The molecular formula is C16H22O2. The van der Waals surface area contributed by atoms with Gasteiger partial charge >= 0.3 is 0 Å². The van der Waals surface area contributed by atoms with Crippen molar-refractivity contribution < 1.29 is 9.47 Å². The van der Waals surface area contributed by atoms with Crippen LogP contribution in [0.4, 0.5) is 0 Å². The third-order valence-electron chi connectivity index (χ3n) is 1.94. The van der Waals surface area contributed by atoms with Crippen LogP contribution in [0.25, 0.3) is 0 Å². The van der Waals surface area contributed by atoms with Crippen molar-refractivity contribution in [3.05, 3.63) is 73.3 Å². The lowest BCUT2D eigenvalue weighted by Gasteiger charge is -2.08. The fourth-order valence-electron chi connectivity index (χ4n) is 1.07. The molecule has 0 saturated heterocycles. The molecule has 0 aromatic rings. The minimum Gasteiger partial charge on any atom is -0.495 e. The van der Waals surface area contributed by atoms with Crippen LogP contribution in [0.2, 0.25) is 0 Å². The van der Waals surface area contributed by atoms with E-state index in [0.717, 1.165) is 11.5 Å². The Bertz CT molecular complexity index is 357. The van der Waals surface area contributed by atoms with E-state index in [4.69, 9.17) is 9.47 Å². The lowest BCUT2D eigenvalue weighted by molar-refractivity contribution is 0.123. The molecule has 0 saturated carbocycles. The highest BCUT2D eigenvalue weighted by molar-refractivity contribution is 5.15. The van der Waals surface area contributed by atoms with Gasteiger partial charge in [0.25, 0.3) is 0 Å². The Hall–Kier alpha value is -1.96. The van der Waals surface area contributed by atoms with Crippen LogP contribution in [0.3, 0.4) is 0 Å². The molecule has 98 valence electrons. The van der Waals surface area contributed by atoms with E-state index in [1.165, 1.54) is 0 Å². The van der Waals surface area contributed by atoms with Gasteiger partial charge in [-0.15, -0.1) is 0 Å². The van der Waals surface area contributed by atoms with E-state index in [1.54, 1.807) is 12.2 Å². The minimum atomic E-state index is 0.511. The van der Waals surface area contributed by atoms with Crippen molar-refractivity contribution in [3.8, 4) is 0 Å². The van der Waals surface area contributed by atoms with Crippen molar-refractivity contribution in [2.45, 2.75) is 13.8 Å². The smallest absolute Gasteiger partial charge is 0.122 e. The number of rotatable bonds is 9. The van der Waals surface area contributed by atoms with Crippen molar-refractivity contribution in [3.63, 3.8) is 0 Å². The van der Waals surface area contributed by atoms with Gasteiger partial charge < -0.3 is 9.47 Å². The molecule has 2 nitrogen and oxygen atoms in total. The lowest BCUT2D eigenvalue weighted by Crippen LogP contribution is -2.02. The van der Waals surface area contributed by atoms with Crippen LogP contribution in [0, 0.1) is 0 Å². The van der Waals surface area contributed by atoms with Gasteiger partial charge in [0.2, 0.25) is 0 Å². The molecule has 0 bridgehead atoms. The summed E-state index contributed by atoms with van der Waals surface area (Å²) in [5.74, 6) is 1.66. The zero-order valence-corrected chi connectivity index (χ0v) is 11.3. The van der Waals surface area contributed by atoms with E-state index in [0.29, 0.717) is 13.2 Å². The molecule has 0 unspecified atom stereocenters. The highest BCUT2D eigenvalue weighted by Gasteiger charge is 1.93. The highest BCUT2D eigenvalue weighted by atomic mass is 16.5. The van der Waals surface area contributed by atoms with E-state index in [2.05, 4.69) is 13.2 Å². The average molecular weight is 246 g/mol. The number of ether oxygens (including phenoxy) is 2. The van der Waals surface area contributed by atoms with Crippen LogP contribution < -0.4 is 0 Å². The van der Waals surface area contributed by atoms with Gasteiger partial charge in [0.05, 0.1) is 5.76 Å². The van der Waals surface area contributed by atoms with Crippen LogP contribution in [-0.4, -0.2) is 13.2 Å². The molecule has 0 heterocycles. The number of allylic oxidation sites excluding steroid dienone is 9. The normalized spacial score (nSPS) is 13.0. The quantitative estimate of drug-likeness (QED) is 0.343. The topological polar surface area (TPSA) is 18.5 Å². The molecule has 0 aliphatic carbocycles. The lowest BCUT2D eigenvalue weighted by atomic mass is 10.4. The van der Waals surface area contributed by atoms with Gasteiger partial charge in [0.1, 0.15) is 19.0 Å². The summed E-state index contributed by atoms with van der Waals surface area (Å²) in [6.07, 6.45) is 14.6. The van der Waals surface area contributed by atoms with E-state index in [1.807, 2.05) is 50.3 Å². The molecule has 2 heteroatoms. The maximum absolute atomic E-state index is 5.51. The molecule has 0 fully saturated rings. The molecule has 0 radical (unpaired) electrons. The number of hydrogen-bond donors (Lipinski definition) is 0. The van der Waals surface area contributed by atoms with Crippen molar-refractivity contribution in [1.82, 2.24) is 0 Å². The summed E-state index contributed by atoms with van der Waals surface area (Å²) >= 11 is 0. The maximum atomic E-state index is 5.51. The first-order valence-corrected chi connectivity index (χ1v) is 5.91. The summed E-state index contributed by atoms with van der Waals surface area (Å²) in [6, 6.07) is 0.